The molecule has 0 aliphatic rings. The van der Waals surface area contributed by atoms with Gasteiger partial charge < -0.3 is 19.4 Å². The molecule has 0 aromatic heterocycles. The van der Waals surface area contributed by atoms with E-state index in [0.717, 1.165) is 4.31 Å². The number of hydrogen-bond acceptors (Lipinski definition) is 6. The fourth-order valence-electron chi connectivity index (χ4n) is 2.13. The zero-order chi connectivity index (χ0) is 17.7. The van der Waals surface area contributed by atoms with E-state index < -0.39 is 22.5 Å². The average Bonchev–Trinajstić information content (AvgIpc) is 2.59. The lowest BCUT2D eigenvalue weighted by atomic mass is 10.2. The Morgan fingerprint density at radius 1 is 1.04 bits per heavy atom. The number of ether oxygens (including phenoxy) is 2. The Bertz CT molecular complexity index is 820. The number of methoxy groups -OCH3 is 2. The highest BCUT2D eigenvalue weighted by Crippen LogP contribution is 2.33. The predicted octanol–water partition coefficient (Wildman–Crippen LogP) is 0.649. The molecule has 0 amide bonds. The third-order valence-electron chi connectivity index (χ3n) is 3.26. The van der Waals surface area contributed by atoms with Gasteiger partial charge in [0.25, 0.3) is 10.0 Å². The lowest BCUT2D eigenvalue weighted by Crippen LogP contribution is -2.41. The summed E-state index contributed by atoms with van der Waals surface area (Å²) in [6.07, 6.45) is 0. The zero-order valence-corrected chi connectivity index (χ0v) is 13.9. The summed E-state index contributed by atoms with van der Waals surface area (Å²) in [7, 11) is -1.24. The van der Waals surface area contributed by atoms with Gasteiger partial charge in [0.2, 0.25) is 0 Å². The van der Waals surface area contributed by atoms with E-state index in [2.05, 4.69) is 0 Å². The minimum Gasteiger partial charge on any atom is -0.548 e. The fraction of sp³-hybridized carbons (Fsp3) is 0.188. The normalized spacial score (nSPS) is 10.9. The first-order valence-corrected chi connectivity index (χ1v) is 8.34. The number of nitrogens with zero attached hydrogens (tertiary/aromatic N) is 1. The second kappa shape index (κ2) is 7.22. The number of carbonyl (C=O) groups excluding carboxylic acids is 1. The summed E-state index contributed by atoms with van der Waals surface area (Å²) in [6, 6.07) is 11.9. The van der Waals surface area contributed by atoms with E-state index in [1.54, 1.807) is 18.2 Å². The van der Waals surface area contributed by atoms with Crippen LogP contribution in [0, 0.1) is 0 Å². The summed E-state index contributed by atoms with van der Waals surface area (Å²) in [5, 5.41) is 11.1. The molecule has 0 unspecified atom stereocenters. The van der Waals surface area contributed by atoms with Gasteiger partial charge in [-0.15, -0.1) is 0 Å². The topological polar surface area (TPSA) is 96.0 Å². The van der Waals surface area contributed by atoms with Crippen LogP contribution in [-0.4, -0.2) is 35.2 Å². The third kappa shape index (κ3) is 3.60. The second-order valence-electron chi connectivity index (χ2n) is 4.74. The quantitative estimate of drug-likeness (QED) is 0.727. The monoisotopic (exact) mass is 350 g/mol. The molecule has 24 heavy (non-hydrogen) atoms. The van der Waals surface area contributed by atoms with Crippen molar-refractivity contribution in [1.29, 1.82) is 0 Å². The number of rotatable bonds is 7. The van der Waals surface area contributed by atoms with Crippen LogP contribution in [-0.2, 0) is 14.8 Å². The fourth-order valence-corrected chi connectivity index (χ4v) is 3.55. The van der Waals surface area contributed by atoms with Crippen molar-refractivity contribution in [3.05, 3.63) is 48.5 Å². The number of aliphatic carboxylic acids is 1. The minimum absolute atomic E-state index is 0.0268. The Labute approximate surface area is 140 Å². The van der Waals surface area contributed by atoms with E-state index >= 15 is 0 Å². The first-order valence-electron chi connectivity index (χ1n) is 6.90. The first kappa shape index (κ1) is 17.6. The largest absolute Gasteiger partial charge is 0.548 e. The number of carbonyl (C=O) groups is 1. The Morgan fingerprint density at radius 2 is 1.67 bits per heavy atom. The average molecular weight is 350 g/mol. The van der Waals surface area contributed by atoms with Gasteiger partial charge in [0.1, 0.15) is 0 Å². The maximum Gasteiger partial charge on any atom is 0.264 e. The number of carboxylic acid groups (broad SMARTS) is 1. The molecule has 8 heteroatoms. The van der Waals surface area contributed by atoms with Crippen molar-refractivity contribution in [1.82, 2.24) is 0 Å². The van der Waals surface area contributed by atoms with Crippen LogP contribution in [0.2, 0.25) is 0 Å². The summed E-state index contributed by atoms with van der Waals surface area (Å²) in [6.45, 7) is -0.827. The van der Waals surface area contributed by atoms with Crippen LogP contribution in [0.3, 0.4) is 0 Å². The number of hydrogen-bond donors (Lipinski definition) is 0. The lowest BCUT2D eigenvalue weighted by molar-refractivity contribution is -0.303. The van der Waals surface area contributed by atoms with Crippen LogP contribution < -0.4 is 18.9 Å². The van der Waals surface area contributed by atoms with E-state index in [-0.39, 0.29) is 16.3 Å². The van der Waals surface area contributed by atoms with Crippen molar-refractivity contribution < 1.29 is 27.8 Å². The highest BCUT2D eigenvalue weighted by Gasteiger charge is 2.25. The van der Waals surface area contributed by atoms with E-state index in [4.69, 9.17) is 9.47 Å². The standard InChI is InChI=1S/C16H17NO6S/c1-22-14-9-8-12(10-15(14)23-2)17(11-16(18)19)24(20,21)13-6-4-3-5-7-13/h3-10H,11H2,1-2H3,(H,18,19)/p-1. The SMILES string of the molecule is COc1ccc(N(CC(=O)[O-])S(=O)(=O)c2ccccc2)cc1OC. The minimum atomic E-state index is -4.08. The van der Waals surface area contributed by atoms with E-state index in [9.17, 15) is 18.3 Å². The summed E-state index contributed by atoms with van der Waals surface area (Å²) in [5.41, 5.74) is 0.126. The summed E-state index contributed by atoms with van der Waals surface area (Å²) in [5.74, 6) is -0.849. The number of benzene rings is 2. The molecule has 0 bridgehead atoms. The molecule has 0 heterocycles. The van der Waals surface area contributed by atoms with E-state index in [1.165, 1.54) is 44.6 Å². The third-order valence-corrected chi connectivity index (χ3v) is 5.05. The van der Waals surface area contributed by atoms with E-state index in [1.807, 2.05) is 0 Å². The van der Waals surface area contributed by atoms with Gasteiger partial charge >= 0.3 is 0 Å². The number of carboxylic acids is 1. The van der Waals surface area contributed by atoms with Gasteiger partial charge in [0, 0.05) is 6.07 Å². The molecule has 0 radical (unpaired) electrons. The second-order valence-corrected chi connectivity index (χ2v) is 6.60. The molecule has 0 aliphatic heterocycles. The molecule has 128 valence electrons. The van der Waals surface area contributed by atoms with Crippen LogP contribution >= 0.6 is 0 Å². The van der Waals surface area contributed by atoms with Crippen LogP contribution in [0.5, 0.6) is 11.5 Å². The molecule has 2 aromatic carbocycles. The van der Waals surface area contributed by atoms with Crippen LogP contribution in [0.4, 0.5) is 5.69 Å². The highest BCUT2D eigenvalue weighted by atomic mass is 32.2. The van der Waals surface area contributed by atoms with Crippen LogP contribution in [0.25, 0.3) is 0 Å². The van der Waals surface area contributed by atoms with Gasteiger partial charge in [0.15, 0.2) is 11.5 Å². The molecule has 0 aliphatic carbocycles. The van der Waals surface area contributed by atoms with Crippen molar-refractivity contribution >= 4 is 21.7 Å². The maximum atomic E-state index is 12.8. The van der Waals surface area contributed by atoms with Crippen LogP contribution in [0.15, 0.2) is 53.4 Å². The highest BCUT2D eigenvalue weighted by molar-refractivity contribution is 7.92. The van der Waals surface area contributed by atoms with Crippen molar-refractivity contribution in [2.45, 2.75) is 4.90 Å². The maximum absolute atomic E-state index is 12.8. The van der Waals surface area contributed by atoms with Crippen molar-refractivity contribution in [2.24, 2.45) is 0 Å². The smallest absolute Gasteiger partial charge is 0.264 e. The predicted molar refractivity (Wildman–Crippen MR) is 85.5 cm³/mol. The zero-order valence-electron chi connectivity index (χ0n) is 13.1. The van der Waals surface area contributed by atoms with Gasteiger partial charge in [-0.25, -0.2) is 8.42 Å². The Kier molecular flexibility index (Phi) is 5.30. The molecule has 7 nitrogen and oxygen atoms in total. The number of anilines is 1. The molecule has 0 N–H and O–H groups in total. The molecule has 0 atom stereocenters. The first-order chi connectivity index (χ1) is 11.4. The van der Waals surface area contributed by atoms with Crippen molar-refractivity contribution in [2.75, 3.05) is 25.1 Å². The van der Waals surface area contributed by atoms with Gasteiger partial charge in [-0.05, 0) is 24.3 Å². The summed E-state index contributed by atoms with van der Waals surface area (Å²) in [4.78, 5) is 11.0. The van der Waals surface area contributed by atoms with Gasteiger partial charge in [-0.1, -0.05) is 18.2 Å². The van der Waals surface area contributed by atoms with Gasteiger partial charge in [0.05, 0.1) is 37.3 Å². The van der Waals surface area contributed by atoms with Crippen LogP contribution in [0.1, 0.15) is 0 Å². The Hall–Kier alpha value is -2.74. The van der Waals surface area contributed by atoms with E-state index in [0.29, 0.717) is 5.75 Å². The summed E-state index contributed by atoms with van der Waals surface area (Å²) >= 11 is 0. The molecule has 0 saturated carbocycles. The molecular weight excluding hydrogens is 334 g/mol. The Balaban J connectivity index is 2.56. The molecule has 2 rings (SSSR count). The molecule has 2 aromatic rings. The van der Waals surface area contributed by atoms with Gasteiger partial charge in [-0.2, -0.15) is 0 Å². The molecule has 0 spiro atoms. The number of sulfonamides is 1. The Morgan fingerprint density at radius 3 is 2.21 bits per heavy atom. The lowest BCUT2D eigenvalue weighted by Gasteiger charge is -2.25. The van der Waals surface area contributed by atoms with Crippen molar-refractivity contribution in [3.63, 3.8) is 0 Å². The molecular formula is C16H16NO6S-. The molecule has 0 fully saturated rings. The summed E-state index contributed by atoms with van der Waals surface area (Å²) < 4.78 is 36.6. The molecule has 0 saturated heterocycles. The van der Waals surface area contributed by atoms with Crippen molar-refractivity contribution in [3.8, 4) is 11.5 Å². The van der Waals surface area contributed by atoms with Gasteiger partial charge in [-0.3, -0.25) is 4.31 Å².